The van der Waals surface area contributed by atoms with Crippen LogP contribution >= 0.6 is 0 Å². The largest absolute Gasteiger partial charge is 0.0622 e. The molecule has 250 valence electrons. The van der Waals surface area contributed by atoms with Crippen molar-refractivity contribution in [3.8, 4) is 44.5 Å². The second-order valence-electron chi connectivity index (χ2n) is 14.5. The molecule has 0 heteroatoms. The van der Waals surface area contributed by atoms with Crippen molar-refractivity contribution in [2.75, 3.05) is 0 Å². The van der Waals surface area contributed by atoms with E-state index in [9.17, 15) is 0 Å². The summed E-state index contributed by atoms with van der Waals surface area (Å²) in [6, 6.07) is 76.2. The van der Waals surface area contributed by atoms with Crippen LogP contribution in [0.3, 0.4) is 0 Å². The molecule has 0 radical (unpaired) electrons. The predicted molar refractivity (Wildman–Crippen MR) is 233 cm³/mol. The van der Waals surface area contributed by atoms with Gasteiger partial charge in [0.15, 0.2) is 0 Å². The molecule has 11 rings (SSSR count). The van der Waals surface area contributed by atoms with Crippen molar-refractivity contribution < 1.29 is 0 Å². The van der Waals surface area contributed by atoms with Crippen molar-refractivity contribution >= 4 is 64.6 Å². The van der Waals surface area contributed by atoms with Gasteiger partial charge in [0, 0.05) is 0 Å². The fraction of sp³-hybridized carbons (Fsp3) is 0. The van der Waals surface area contributed by atoms with Crippen LogP contribution in [0.25, 0.3) is 109 Å². The quantitative estimate of drug-likeness (QED) is 0.128. The molecule has 0 aliphatic heterocycles. The van der Waals surface area contributed by atoms with Gasteiger partial charge in [-0.25, -0.2) is 0 Å². The lowest BCUT2D eigenvalue weighted by molar-refractivity contribution is 1.59. The molecule has 0 bridgehead atoms. The lowest BCUT2D eigenvalue weighted by atomic mass is 9.86. The molecule has 0 aliphatic carbocycles. The maximum atomic E-state index is 2.46. The first-order valence-corrected chi connectivity index (χ1v) is 18.7. The van der Waals surface area contributed by atoms with Crippen molar-refractivity contribution in [3.05, 3.63) is 206 Å². The summed E-state index contributed by atoms with van der Waals surface area (Å²) in [6.07, 6.45) is 0. The summed E-state index contributed by atoms with van der Waals surface area (Å²) in [6.45, 7) is 0. The zero-order chi connectivity index (χ0) is 35.6. The fourth-order valence-corrected chi connectivity index (χ4v) is 8.81. The number of rotatable bonds is 4. The molecule has 0 amide bonds. The summed E-state index contributed by atoms with van der Waals surface area (Å²) in [4.78, 5) is 0. The average Bonchev–Trinajstić information content (AvgIpc) is 3.25. The van der Waals surface area contributed by atoms with E-state index in [0.29, 0.717) is 0 Å². The topological polar surface area (TPSA) is 0 Å². The summed E-state index contributed by atoms with van der Waals surface area (Å²) in [5.41, 5.74) is 9.81. The summed E-state index contributed by atoms with van der Waals surface area (Å²) in [5.74, 6) is 0. The Morgan fingerprint density at radius 3 is 1.44 bits per heavy atom. The van der Waals surface area contributed by atoms with Crippen LogP contribution in [0.4, 0.5) is 0 Å². The van der Waals surface area contributed by atoms with Gasteiger partial charge in [-0.15, -0.1) is 0 Å². The van der Waals surface area contributed by atoms with Crippen LogP contribution < -0.4 is 0 Å². The molecule has 0 saturated carbocycles. The highest BCUT2D eigenvalue weighted by Gasteiger charge is 2.17. The van der Waals surface area contributed by atoms with E-state index in [0.717, 1.165) is 0 Å². The van der Waals surface area contributed by atoms with Crippen molar-refractivity contribution in [2.24, 2.45) is 0 Å². The van der Waals surface area contributed by atoms with Crippen molar-refractivity contribution in [1.29, 1.82) is 0 Å². The molecule has 54 heavy (non-hydrogen) atoms. The molecule has 0 N–H and O–H groups in total. The van der Waals surface area contributed by atoms with Crippen LogP contribution in [0.15, 0.2) is 206 Å². The third kappa shape index (κ3) is 4.92. The molecular formula is C54H34. The molecule has 0 saturated heterocycles. The Balaban J connectivity index is 1.18. The van der Waals surface area contributed by atoms with Crippen LogP contribution in [0.5, 0.6) is 0 Å². The first-order chi connectivity index (χ1) is 26.8. The number of fused-ring (bicyclic) bond motifs is 10. The predicted octanol–water partition coefficient (Wildman–Crippen LogP) is 15.3. The Morgan fingerprint density at radius 2 is 0.704 bits per heavy atom. The third-order valence-corrected chi connectivity index (χ3v) is 11.4. The van der Waals surface area contributed by atoms with Gasteiger partial charge in [-0.2, -0.15) is 0 Å². The Bertz CT molecular complexity index is 3240. The molecule has 0 unspecified atom stereocenters. The van der Waals surface area contributed by atoms with E-state index in [4.69, 9.17) is 0 Å². The van der Waals surface area contributed by atoms with Gasteiger partial charge < -0.3 is 0 Å². The highest BCUT2D eigenvalue weighted by Crippen LogP contribution is 2.45. The average molecular weight is 683 g/mol. The summed E-state index contributed by atoms with van der Waals surface area (Å²) < 4.78 is 0. The van der Waals surface area contributed by atoms with Crippen LogP contribution in [0, 0.1) is 0 Å². The van der Waals surface area contributed by atoms with Crippen LogP contribution in [0.2, 0.25) is 0 Å². The molecule has 0 atom stereocenters. The van der Waals surface area contributed by atoms with E-state index < -0.39 is 0 Å². The van der Waals surface area contributed by atoms with Crippen molar-refractivity contribution in [2.45, 2.75) is 0 Å². The van der Waals surface area contributed by atoms with E-state index in [1.54, 1.807) is 0 Å². The summed E-state index contributed by atoms with van der Waals surface area (Å²) in [5, 5.41) is 15.4. The first-order valence-electron chi connectivity index (χ1n) is 18.7. The highest BCUT2D eigenvalue weighted by molar-refractivity contribution is 6.34. The third-order valence-electron chi connectivity index (χ3n) is 11.4. The second-order valence-corrected chi connectivity index (χ2v) is 14.5. The Morgan fingerprint density at radius 1 is 0.185 bits per heavy atom. The highest BCUT2D eigenvalue weighted by atomic mass is 14.2. The van der Waals surface area contributed by atoms with Gasteiger partial charge in [-0.05, 0) is 152 Å². The lowest BCUT2D eigenvalue weighted by Crippen LogP contribution is -1.90. The van der Waals surface area contributed by atoms with E-state index in [-0.39, 0.29) is 0 Å². The summed E-state index contributed by atoms with van der Waals surface area (Å²) >= 11 is 0. The molecule has 0 fully saturated rings. The Kier molecular flexibility index (Phi) is 6.97. The molecule has 0 spiro atoms. The zero-order valence-corrected chi connectivity index (χ0v) is 29.6. The van der Waals surface area contributed by atoms with Crippen LogP contribution in [-0.4, -0.2) is 0 Å². The monoisotopic (exact) mass is 682 g/mol. The second kappa shape index (κ2) is 12.3. The zero-order valence-electron chi connectivity index (χ0n) is 29.6. The Hall–Kier alpha value is -7.02. The van der Waals surface area contributed by atoms with Crippen molar-refractivity contribution in [3.63, 3.8) is 0 Å². The SMILES string of the molecule is c1ccc(-c2cccc(-c3cc(-c4ccccc4)c4ccc(-c5cc6c7ccccc7c7cc8ccccc8cc7c6c6ccccc56)cc4c3)c2)cc1. The minimum Gasteiger partial charge on any atom is -0.0622 e. The molecule has 0 aromatic heterocycles. The van der Waals surface area contributed by atoms with Gasteiger partial charge in [0.05, 0.1) is 0 Å². The van der Waals surface area contributed by atoms with Gasteiger partial charge in [0.1, 0.15) is 0 Å². The standard InChI is InChI=1S/C54H34/c1-3-14-35(15-4-1)37-20-13-21-38(28-37)42-30-43-29-41(26-27-44(43)49(33-42)36-16-5-2-6-17-36)50-34-53-46-23-10-9-22-45(46)51-31-39-18-7-8-19-40(39)32-52(51)54(53)48-25-12-11-24-47(48)50/h1-34H. The molecule has 0 heterocycles. The molecule has 0 nitrogen and oxygen atoms in total. The smallest absolute Gasteiger partial charge is 0.00197 e. The number of hydrogen-bond acceptors (Lipinski definition) is 0. The van der Waals surface area contributed by atoms with Crippen molar-refractivity contribution in [1.82, 2.24) is 0 Å². The Labute approximate surface area is 314 Å². The van der Waals surface area contributed by atoms with E-state index in [1.807, 2.05) is 0 Å². The summed E-state index contributed by atoms with van der Waals surface area (Å²) in [7, 11) is 0. The van der Waals surface area contributed by atoms with Crippen LogP contribution in [0.1, 0.15) is 0 Å². The van der Waals surface area contributed by atoms with Gasteiger partial charge in [-0.1, -0.05) is 164 Å². The van der Waals surface area contributed by atoms with Gasteiger partial charge in [0.2, 0.25) is 0 Å². The van der Waals surface area contributed by atoms with E-state index in [2.05, 4.69) is 206 Å². The van der Waals surface area contributed by atoms with Crippen LogP contribution in [-0.2, 0) is 0 Å². The fourth-order valence-electron chi connectivity index (χ4n) is 8.81. The normalized spacial score (nSPS) is 11.7. The molecule has 11 aromatic carbocycles. The molecular weight excluding hydrogens is 649 g/mol. The number of benzene rings is 11. The molecule has 11 aromatic rings. The van der Waals surface area contributed by atoms with Gasteiger partial charge in [-0.3, -0.25) is 0 Å². The lowest BCUT2D eigenvalue weighted by Gasteiger charge is -2.18. The molecule has 0 aliphatic rings. The minimum atomic E-state index is 1.21. The first kappa shape index (κ1) is 30.6. The van der Waals surface area contributed by atoms with E-state index in [1.165, 1.54) is 109 Å². The maximum Gasteiger partial charge on any atom is -0.00197 e. The van der Waals surface area contributed by atoms with E-state index >= 15 is 0 Å². The van der Waals surface area contributed by atoms with Gasteiger partial charge >= 0.3 is 0 Å². The maximum absolute atomic E-state index is 2.46. The minimum absolute atomic E-state index is 1.21. The van der Waals surface area contributed by atoms with Gasteiger partial charge in [0.25, 0.3) is 0 Å². The number of hydrogen-bond donors (Lipinski definition) is 0.